The van der Waals surface area contributed by atoms with Crippen LogP contribution in [-0.2, 0) is 4.79 Å². The van der Waals surface area contributed by atoms with Crippen LogP contribution in [-0.4, -0.2) is 5.91 Å². The Labute approximate surface area is 119 Å². The van der Waals surface area contributed by atoms with Gasteiger partial charge in [-0.05, 0) is 49.8 Å². The number of hydrogen-bond donors (Lipinski definition) is 1. The zero-order valence-corrected chi connectivity index (χ0v) is 12.2. The largest absolute Gasteiger partial charge is 0.462 e. The van der Waals surface area contributed by atoms with Gasteiger partial charge in [-0.1, -0.05) is 15.9 Å². The maximum absolute atomic E-state index is 12.0. The van der Waals surface area contributed by atoms with Crippen molar-refractivity contribution in [2.45, 2.75) is 13.8 Å². The second kappa shape index (κ2) is 4.38. The van der Waals surface area contributed by atoms with Crippen molar-refractivity contribution in [1.29, 1.82) is 0 Å². The number of aryl methyl sites for hydroxylation is 2. The van der Waals surface area contributed by atoms with E-state index in [0.717, 1.165) is 27.0 Å². The van der Waals surface area contributed by atoms with Crippen LogP contribution in [0.5, 0.6) is 0 Å². The highest BCUT2D eigenvalue weighted by molar-refractivity contribution is 9.10. The van der Waals surface area contributed by atoms with Gasteiger partial charge in [0.15, 0.2) is 0 Å². The molecule has 3 nitrogen and oxygen atoms in total. The average molecular weight is 318 g/mol. The van der Waals surface area contributed by atoms with E-state index in [4.69, 9.17) is 4.42 Å². The van der Waals surface area contributed by atoms with Crippen LogP contribution in [0.25, 0.3) is 11.6 Å². The van der Waals surface area contributed by atoms with Crippen molar-refractivity contribution >= 4 is 39.2 Å². The molecule has 0 saturated heterocycles. The van der Waals surface area contributed by atoms with Gasteiger partial charge < -0.3 is 9.73 Å². The lowest BCUT2D eigenvalue weighted by Crippen LogP contribution is -2.03. The van der Waals surface area contributed by atoms with Gasteiger partial charge in [-0.3, -0.25) is 4.79 Å². The minimum Gasteiger partial charge on any atom is -0.462 e. The minimum atomic E-state index is -0.0974. The molecule has 4 heteroatoms. The number of furan rings is 1. The molecule has 0 spiro atoms. The molecular weight excluding hydrogens is 306 g/mol. The minimum absolute atomic E-state index is 0.0974. The number of rotatable bonds is 1. The third-order valence-electron chi connectivity index (χ3n) is 3.24. The molecule has 1 aromatic heterocycles. The van der Waals surface area contributed by atoms with Crippen molar-refractivity contribution in [3.05, 3.63) is 51.4 Å². The van der Waals surface area contributed by atoms with Crippen LogP contribution in [0.2, 0.25) is 0 Å². The second-order valence-electron chi connectivity index (χ2n) is 4.59. The lowest BCUT2D eigenvalue weighted by Gasteiger charge is -1.98. The Bertz CT molecular complexity index is 693. The zero-order valence-electron chi connectivity index (χ0n) is 10.6. The summed E-state index contributed by atoms with van der Waals surface area (Å²) in [5.41, 5.74) is 3.44. The van der Waals surface area contributed by atoms with Crippen LogP contribution >= 0.6 is 15.9 Å². The monoisotopic (exact) mass is 317 g/mol. The Hall–Kier alpha value is -1.81. The highest BCUT2D eigenvalue weighted by atomic mass is 79.9. The summed E-state index contributed by atoms with van der Waals surface area (Å²) in [6.45, 7) is 3.90. The van der Waals surface area contributed by atoms with Gasteiger partial charge in [0, 0.05) is 15.7 Å². The van der Waals surface area contributed by atoms with Crippen LogP contribution in [0.15, 0.2) is 33.2 Å². The van der Waals surface area contributed by atoms with E-state index in [0.29, 0.717) is 11.3 Å². The standard InChI is InChI=1S/C15H12BrNO2/c1-8-5-11(19-9(8)2)7-13-12-6-10(16)3-4-14(12)17-15(13)18/h3-7H,1-2H3,(H,17,18). The molecule has 1 aromatic carbocycles. The number of carbonyl (C=O) groups is 1. The maximum Gasteiger partial charge on any atom is 0.256 e. The molecule has 2 heterocycles. The van der Waals surface area contributed by atoms with E-state index in [1.165, 1.54) is 0 Å². The predicted molar refractivity (Wildman–Crippen MR) is 78.8 cm³/mol. The van der Waals surface area contributed by atoms with E-state index in [1.807, 2.05) is 38.1 Å². The summed E-state index contributed by atoms with van der Waals surface area (Å²) in [5.74, 6) is 1.48. The number of halogens is 1. The summed E-state index contributed by atoms with van der Waals surface area (Å²) >= 11 is 3.42. The Morgan fingerprint density at radius 2 is 2.05 bits per heavy atom. The van der Waals surface area contributed by atoms with E-state index in [1.54, 1.807) is 6.08 Å². The number of carbonyl (C=O) groups excluding carboxylic acids is 1. The molecule has 96 valence electrons. The van der Waals surface area contributed by atoms with Gasteiger partial charge in [-0.15, -0.1) is 0 Å². The molecule has 2 aromatic rings. The maximum atomic E-state index is 12.0. The highest BCUT2D eigenvalue weighted by Gasteiger charge is 2.24. The summed E-state index contributed by atoms with van der Waals surface area (Å²) in [6, 6.07) is 7.66. The van der Waals surface area contributed by atoms with Gasteiger partial charge in [0.1, 0.15) is 11.5 Å². The van der Waals surface area contributed by atoms with Gasteiger partial charge in [0.2, 0.25) is 0 Å². The molecule has 0 unspecified atom stereocenters. The Morgan fingerprint density at radius 3 is 2.74 bits per heavy atom. The van der Waals surface area contributed by atoms with Crippen LogP contribution in [0.1, 0.15) is 22.6 Å². The van der Waals surface area contributed by atoms with E-state index in [-0.39, 0.29) is 5.91 Å². The van der Waals surface area contributed by atoms with Crippen molar-refractivity contribution in [1.82, 2.24) is 0 Å². The molecule has 0 radical (unpaired) electrons. The topological polar surface area (TPSA) is 42.2 Å². The first-order chi connectivity index (χ1) is 9.04. The highest BCUT2D eigenvalue weighted by Crippen LogP contribution is 2.35. The average Bonchev–Trinajstić information content (AvgIpc) is 2.82. The number of fused-ring (bicyclic) bond motifs is 1. The summed E-state index contributed by atoms with van der Waals surface area (Å²) in [6.07, 6.45) is 1.79. The first-order valence-electron chi connectivity index (χ1n) is 5.94. The van der Waals surface area contributed by atoms with Crippen LogP contribution in [0.4, 0.5) is 5.69 Å². The molecule has 1 aliphatic heterocycles. The van der Waals surface area contributed by atoms with Gasteiger partial charge in [-0.2, -0.15) is 0 Å². The van der Waals surface area contributed by atoms with Crippen molar-refractivity contribution < 1.29 is 9.21 Å². The number of nitrogens with one attached hydrogen (secondary N) is 1. The van der Waals surface area contributed by atoms with Crippen molar-refractivity contribution in [2.75, 3.05) is 5.32 Å². The summed E-state index contributed by atoms with van der Waals surface area (Å²) in [4.78, 5) is 12.0. The van der Waals surface area contributed by atoms with Crippen LogP contribution in [0, 0.1) is 13.8 Å². The predicted octanol–water partition coefficient (Wildman–Crippen LogP) is 4.15. The number of anilines is 1. The van der Waals surface area contributed by atoms with Gasteiger partial charge in [-0.25, -0.2) is 0 Å². The van der Waals surface area contributed by atoms with Crippen molar-refractivity contribution in [2.24, 2.45) is 0 Å². The fourth-order valence-corrected chi connectivity index (χ4v) is 2.48. The normalized spacial score (nSPS) is 15.7. The van der Waals surface area contributed by atoms with Gasteiger partial charge in [0.05, 0.1) is 5.57 Å². The molecule has 19 heavy (non-hydrogen) atoms. The smallest absolute Gasteiger partial charge is 0.256 e. The molecule has 0 saturated carbocycles. The third-order valence-corrected chi connectivity index (χ3v) is 3.73. The lowest BCUT2D eigenvalue weighted by atomic mass is 10.1. The lowest BCUT2D eigenvalue weighted by molar-refractivity contribution is -0.110. The number of hydrogen-bond acceptors (Lipinski definition) is 2. The van der Waals surface area contributed by atoms with Gasteiger partial charge in [0.25, 0.3) is 5.91 Å². The molecule has 0 aliphatic carbocycles. The van der Waals surface area contributed by atoms with Crippen LogP contribution < -0.4 is 5.32 Å². The first-order valence-corrected chi connectivity index (χ1v) is 6.74. The molecule has 1 N–H and O–H groups in total. The summed E-state index contributed by atoms with van der Waals surface area (Å²) < 4.78 is 6.55. The van der Waals surface area contributed by atoms with E-state index >= 15 is 0 Å². The first kappa shape index (κ1) is 12.2. The quantitative estimate of drug-likeness (QED) is 0.803. The Kier molecular flexibility index (Phi) is 2.82. The summed E-state index contributed by atoms with van der Waals surface area (Å²) in [7, 11) is 0. The Morgan fingerprint density at radius 1 is 1.26 bits per heavy atom. The van der Waals surface area contributed by atoms with Crippen molar-refractivity contribution in [3.63, 3.8) is 0 Å². The molecule has 0 atom stereocenters. The molecule has 1 amide bonds. The fourth-order valence-electron chi connectivity index (χ4n) is 2.12. The summed E-state index contributed by atoms with van der Waals surface area (Å²) in [5, 5.41) is 2.85. The number of amides is 1. The van der Waals surface area contributed by atoms with E-state index < -0.39 is 0 Å². The zero-order chi connectivity index (χ0) is 13.6. The SMILES string of the molecule is Cc1cc(C=C2C(=O)Nc3ccc(Br)cc32)oc1C. The van der Waals surface area contributed by atoms with E-state index in [9.17, 15) is 4.79 Å². The van der Waals surface area contributed by atoms with Gasteiger partial charge >= 0.3 is 0 Å². The number of benzene rings is 1. The Balaban J connectivity index is 2.11. The molecule has 1 aliphatic rings. The fraction of sp³-hybridized carbons (Fsp3) is 0.133. The van der Waals surface area contributed by atoms with Crippen LogP contribution in [0.3, 0.4) is 0 Å². The third kappa shape index (κ3) is 2.12. The second-order valence-corrected chi connectivity index (χ2v) is 5.51. The van der Waals surface area contributed by atoms with E-state index in [2.05, 4.69) is 21.2 Å². The van der Waals surface area contributed by atoms with Crippen molar-refractivity contribution in [3.8, 4) is 0 Å². The molecule has 0 fully saturated rings. The molecule has 0 bridgehead atoms. The molecular formula is C15H12BrNO2. The molecule has 3 rings (SSSR count).